The standard InChI is InChI=1S/C11H26N2O/c1-9(2)13(6-7-14-5)11(4)8-10(3)12/h9-11H,6-8,12H2,1-5H3. The fourth-order valence-corrected chi connectivity index (χ4v) is 1.86. The molecule has 14 heavy (non-hydrogen) atoms. The first-order chi connectivity index (χ1) is 6.49. The summed E-state index contributed by atoms with van der Waals surface area (Å²) in [6.45, 7) is 10.5. The molecule has 0 rings (SSSR count). The van der Waals surface area contributed by atoms with Crippen LogP contribution in [0, 0.1) is 0 Å². The molecule has 0 aromatic rings. The Morgan fingerprint density at radius 1 is 1.21 bits per heavy atom. The Hall–Kier alpha value is -0.120. The zero-order valence-electron chi connectivity index (χ0n) is 10.3. The fourth-order valence-electron chi connectivity index (χ4n) is 1.86. The van der Waals surface area contributed by atoms with E-state index in [0.717, 1.165) is 19.6 Å². The Bertz CT molecular complexity index is 137. The molecule has 0 aromatic heterocycles. The molecule has 0 aliphatic heterocycles. The number of nitrogens with two attached hydrogens (primary N) is 1. The summed E-state index contributed by atoms with van der Waals surface area (Å²) in [7, 11) is 1.74. The minimum absolute atomic E-state index is 0.272. The van der Waals surface area contributed by atoms with Gasteiger partial charge in [-0.1, -0.05) is 0 Å². The van der Waals surface area contributed by atoms with E-state index >= 15 is 0 Å². The van der Waals surface area contributed by atoms with E-state index in [0.29, 0.717) is 12.1 Å². The maximum absolute atomic E-state index is 5.80. The largest absolute Gasteiger partial charge is 0.383 e. The lowest BCUT2D eigenvalue weighted by atomic mass is 10.1. The number of ether oxygens (including phenoxy) is 1. The van der Waals surface area contributed by atoms with Crippen molar-refractivity contribution in [3.05, 3.63) is 0 Å². The molecule has 0 bridgehead atoms. The molecule has 0 heterocycles. The molecular weight excluding hydrogens is 176 g/mol. The Morgan fingerprint density at radius 3 is 2.14 bits per heavy atom. The van der Waals surface area contributed by atoms with Crippen LogP contribution in [-0.2, 0) is 4.74 Å². The summed E-state index contributed by atoms with van der Waals surface area (Å²) in [6, 6.07) is 1.36. The van der Waals surface area contributed by atoms with Crippen molar-refractivity contribution in [1.29, 1.82) is 0 Å². The van der Waals surface area contributed by atoms with E-state index in [4.69, 9.17) is 10.5 Å². The summed E-state index contributed by atoms with van der Waals surface area (Å²) in [5.74, 6) is 0. The number of nitrogens with zero attached hydrogens (tertiary/aromatic N) is 1. The van der Waals surface area contributed by atoms with Crippen LogP contribution in [0.15, 0.2) is 0 Å². The SMILES string of the molecule is COCCN(C(C)C)C(C)CC(C)N. The van der Waals surface area contributed by atoms with E-state index in [-0.39, 0.29) is 6.04 Å². The molecule has 0 radical (unpaired) electrons. The molecule has 0 amide bonds. The topological polar surface area (TPSA) is 38.5 Å². The molecular formula is C11H26N2O. The van der Waals surface area contributed by atoms with Crippen molar-refractivity contribution in [2.75, 3.05) is 20.3 Å². The second-order valence-corrected chi connectivity index (χ2v) is 4.39. The van der Waals surface area contributed by atoms with Gasteiger partial charge in [-0.3, -0.25) is 4.90 Å². The van der Waals surface area contributed by atoms with Gasteiger partial charge in [-0.2, -0.15) is 0 Å². The van der Waals surface area contributed by atoms with Gasteiger partial charge in [0.2, 0.25) is 0 Å². The van der Waals surface area contributed by atoms with Crippen LogP contribution in [0.25, 0.3) is 0 Å². The van der Waals surface area contributed by atoms with Crippen molar-refractivity contribution in [1.82, 2.24) is 4.90 Å². The first-order valence-corrected chi connectivity index (χ1v) is 5.49. The Kier molecular flexibility index (Phi) is 7.15. The molecule has 2 N–H and O–H groups in total. The summed E-state index contributed by atoms with van der Waals surface area (Å²) in [6.07, 6.45) is 1.04. The van der Waals surface area contributed by atoms with Crippen LogP contribution in [-0.4, -0.2) is 43.3 Å². The van der Waals surface area contributed by atoms with Crippen molar-refractivity contribution < 1.29 is 4.74 Å². The lowest BCUT2D eigenvalue weighted by Crippen LogP contribution is -2.43. The molecule has 0 fully saturated rings. The van der Waals surface area contributed by atoms with E-state index in [2.05, 4.69) is 32.6 Å². The molecule has 2 atom stereocenters. The van der Waals surface area contributed by atoms with Crippen LogP contribution < -0.4 is 5.73 Å². The molecule has 0 aliphatic rings. The first kappa shape index (κ1) is 13.9. The average Bonchev–Trinajstić information content (AvgIpc) is 2.02. The van der Waals surface area contributed by atoms with Crippen LogP contribution >= 0.6 is 0 Å². The predicted octanol–water partition coefficient (Wildman–Crippen LogP) is 1.47. The smallest absolute Gasteiger partial charge is 0.0589 e. The maximum atomic E-state index is 5.80. The lowest BCUT2D eigenvalue weighted by Gasteiger charge is -2.33. The van der Waals surface area contributed by atoms with Gasteiger partial charge in [0.1, 0.15) is 0 Å². The summed E-state index contributed by atoms with van der Waals surface area (Å²) < 4.78 is 5.10. The molecule has 0 spiro atoms. The van der Waals surface area contributed by atoms with E-state index in [9.17, 15) is 0 Å². The summed E-state index contributed by atoms with van der Waals surface area (Å²) >= 11 is 0. The van der Waals surface area contributed by atoms with Gasteiger partial charge in [0.05, 0.1) is 6.61 Å². The van der Waals surface area contributed by atoms with E-state index in [1.165, 1.54) is 0 Å². The highest BCUT2D eigenvalue weighted by molar-refractivity contribution is 4.73. The Balaban J connectivity index is 4.04. The third-order valence-corrected chi connectivity index (χ3v) is 2.50. The quantitative estimate of drug-likeness (QED) is 0.679. The van der Waals surface area contributed by atoms with Gasteiger partial charge < -0.3 is 10.5 Å². The van der Waals surface area contributed by atoms with Crippen molar-refractivity contribution >= 4 is 0 Å². The first-order valence-electron chi connectivity index (χ1n) is 5.49. The van der Waals surface area contributed by atoms with Crippen LogP contribution in [0.4, 0.5) is 0 Å². The van der Waals surface area contributed by atoms with Crippen molar-refractivity contribution in [2.45, 2.75) is 52.2 Å². The third-order valence-electron chi connectivity index (χ3n) is 2.50. The average molecular weight is 202 g/mol. The number of hydrogen-bond acceptors (Lipinski definition) is 3. The Labute approximate surface area is 88.6 Å². The summed E-state index contributed by atoms with van der Waals surface area (Å²) in [5.41, 5.74) is 5.80. The van der Waals surface area contributed by atoms with Crippen molar-refractivity contribution in [2.24, 2.45) is 5.73 Å². The molecule has 0 saturated heterocycles. The second-order valence-electron chi connectivity index (χ2n) is 4.39. The molecule has 86 valence electrons. The number of hydrogen-bond donors (Lipinski definition) is 1. The zero-order chi connectivity index (χ0) is 11.1. The van der Waals surface area contributed by atoms with Gasteiger partial charge in [-0.25, -0.2) is 0 Å². The number of methoxy groups -OCH3 is 1. The third kappa shape index (κ3) is 5.58. The van der Waals surface area contributed by atoms with Crippen molar-refractivity contribution in [3.8, 4) is 0 Å². The molecule has 0 saturated carbocycles. The lowest BCUT2D eigenvalue weighted by molar-refractivity contribution is 0.0962. The van der Waals surface area contributed by atoms with E-state index in [1.807, 2.05) is 0 Å². The maximum Gasteiger partial charge on any atom is 0.0589 e. The van der Waals surface area contributed by atoms with Gasteiger partial charge in [-0.05, 0) is 34.1 Å². The van der Waals surface area contributed by atoms with Gasteiger partial charge in [0, 0.05) is 31.8 Å². The highest BCUT2D eigenvalue weighted by atomic mass is 16.5. The van der Waals surface area contributed by atoms with Gasteiger partial charge in [-0.15, -0.1) is 0 Å². The van der Waals surface area contributed by atoms with Crippen LogP contribution in [0.1, 0.15) is 34.1 Å². The minimum Gasteiger partial charge on any atom is -0.383 e. The van der Waals surface area contributed by atoms with Gasteiger partial charge >= 0.3 is 0 Å². The monoisotopic (exact) mass is 202 g/mol. The highest BCUT2D eigenvalue weighted by Crippen LogP contribution is 2.09. The van der Waals surface area contributed by atoms with Crippen molar-refractivity contribution in [3.63, 3.8) is 0 Å². The number of rotatable bonds is 7. The van der Waals surface area contributed by atoms with Crippen LogP contribution in [0.3, 0.4) is 0 Å². The van der Waals surface area contributed by atoms with Crippen LogP contribution in [0.5, 0.6) is 0 Å². The highest BCUT2D eigenvalue weighted by Gasteiger charge is 2.17. The van der Waals surface area contributed by atoms with Crippen LogP contribution in [0.2, 0.25) is 0 Å². The second kappa shape index (κ2) is 7.21. The molecule has 3 heteroatoms. The minimum atomic E-state index is 0.272. The zero-order valence-corrected chi connectivity index (χ0v) is 10.3. The van der Waals surface area contributed by atoms with E-state index in [1.54, 1.807) is 7.11 Å². The molecule has 2 unspecified atom stereocenters. The van der Waals surface area contributed by atoms with Gasteiger partial charge in [0.25, 0.3) is 0 Å². The normalized spacial score (nSPS) is 16.3. The molecule has 3 nitrogen and oxygen atoms in total. The Morgan fingerprint density at radius 2 is 1.79 bits per heavy atom. The summed E-state index contributed by atoms with van der Waals surface area (Å²) in [5, 5.41) is 0. The van der Waals surface area contributed by atoms with Gasteiger partial charge in [0.15, 0.2) is 0 Å². The molecule has 0 aliphatic carbocycles. The predicted molar refractivity (Wildman–Crippen MR) is 61.4 cm³/mol. The molecule has 0 aromatic carbocycles. The summed E-state index contributed by atoms with van der Waals surface area (Å²) in [4.78, 5) is 2.44. The van der Waals surface area contributed by atoms with E-state index < -0.39 is 0 Å². The fraction of sp³-hybridized carbons (Fsp3) is 1.00.